The van der Waals surface area contributed by atoms with Crippen molar-refractivity contribution in [1.29, 1.82) is 0 Å². The van der Waals surface area contributed by atoms with Crippen LogP contribution in [0.2, 0.25) is 0 Å². The standard InChI is InChI=1S/C16H17BrFNO/c1-3-19-11(2)12-4-7-14(8-5-12)20-16-10-13(18)6-9-15(16)17/h4-11,19H,3H2,1-2H3. The van der Waals surface area contributed by atoms with Gasteiger partial charge in [0.2, 0.25) is 0 Å². The monoisotopic (exact) mass is 337 g/mol. The second kappa shape index (κ2) is 6.86. The summed E-state index contributed by atoms with van der Waals surface area (Å²) >= 11 is 3.34. The quantitative estimate of drug-likeness (QED) is 0.824. The first-order chi connectivity index (χ1) is 9.60. The summed E-state index contributed by atoms with van der Waals surface area (Å²) in [5.41, 5.74) is 1.19. The Hall–Kier alpha value is -1.39. The average molecular weight is 338 g/mol. The number of nitrogens with one attached hydrogen (secondary N) is 1. The molecule has 106 valence electrons. The molecular formula is C16H17BrFNO. The SMILES string of the molecule is CCNC(C)c1ccc(Oc2cc(F)ccc2Br)cc1. The summed E-state index contributed by atoms with van der Waals surface area (Å²) in [4.78, 5) is 0. The molecule has 0 spiro atoms. The van der Waals surface area contributed by atoms with Crippen LogP contribution < -0.4 is 10.1 Å². The maximum absolute atomic E-state index is 13.2. The minimum atomic E-state index is -0.319. The summed E-state index contributed by atoms with van der Waals surface area (Å²) in [5.74, 6) is 0.835. The van der Waals surface area contributed by atoms with Gasteiger partial charge in [0.1, 0.15) is 17.3 Å². The lowest BCUT2D eigenvalue weighted by molar-refractivity contribution is 0.473. The molecule has 0 heterocycles. The zero-order valence-corrected chi connectivity index (χ0v) is 13.1. The Balaban J connectivity index is 2.12. The van der Waals surface area contributed by atoms with Crippen LogP contribution in [-0.2, 0) is 0 Å². The smallest absolute Gasteiger partial charge is 0.144 e. The third-order valence-electron chi connectivity index (χ3n) is 3.01. The maximum Gasteiger partial charge on any atom is 0.144 e. The normalized spacial score (nSPS) is 12.2. The Kier molecular flexibility index (Phi) is 5.15. The average Bonchev–Trinajstić information content (AvgIpc) is 2.44. The highest BCUT2D eigenvalue weighted by molar-refractivity contribution is 9.10. The Morgan fingerprint density at radius 2 is 1.90 bits per heavy atom. The third-order valence-corrected chi connectivity index (χ3v) is 3.67. The van der Waals surface area contributed by atoms with Crippen LogP contribution >= 0.6 is 15.9 Å². The second-order valence-electron chi connectivity index (χ2n) is 4.53. The molecule has 0 aliphatic heterocycles. The highest BCUT2D eigenvalue weighted by Crippen LogP contribution is 2.30. The first-order valence-electron chi connectivity index (χ1n) is 6.56. The van der Waals surface area contributed by atoms with Crippen LogP contribution in [0.5, 0.6) is 11.5 Å². The molecule has 0 bridgehead atoms. The van der Waals surface area contributed by atoms with Gasteiger partial charge in [-0.3, -0.25) is 0 Å². The maximum atomic E-state index is 13.2. The van der Waals surface area contributed by atoms with E-state index in [1.54, 1.807) is 6.07 Å². The van der Waals surface area contributed by atoms with Crippen LogP contribution in [0.1, 0.15) is 25.5 Å². The predicted octanol–water partition coefficient (Wildman–Crippen LogP) is 5.05. The van der Waals surface area contributed by atoms with E-state index in [0.29, 0.717) is 17.5 Å². The van der Waals surface area contributed by atoms with Gasteiger partial charge in [0.25, 0.3) is 0 Å². The van der Waals surface area contributed by atoms with Crippen molar-refractivity contribution in [3.63, 3.8) is 0 Å². The first-order valence-corrected chi connectivity index (χ1v) is 7.35. The van der Waals surface area contributed by atoms with Gasteiger partial charge in [-0.25, -0.2) is 4.39 Å². The van der Waals surface area contributed by atoms with E-state index in [1.807, 2.05) is 24.3 Å². The Bertz CT molecular complexity index is 571. The molecule has 20 heavy (non-hydrogen) atoms. The molecule has 0 aromatic heterocycles. The molecule has 0 aliphatic carbocycles. The molecule has 0 amide bonds. The molecule has 2 nitrogen and oxygen atoms in total. The molecule has 1 unspecified atom stereocenters. The lowest BCUT2D eigenvalue weighted by Crippen LogP contribution is -2.17. The Morgan fingerprint density at radius 1 is 1.20 bits per heavy atom. The van der Waals surface area contributed by atoms with Crippen LogP contribution in [-0.4, -0.2) is 6.54 Å². The van der Waals surface area contributed by atoms with Crippen molar-refractivity contribution in [2.45, 2.75) is 19.9 Å². The highest BCUT2D eigenvalue weighted by Gasteiger charge is 2.06. The van der Waals surface area contributed by atoms with E-state index in [2.05, 4.69) is 35.1 Å². The number of hydrogen-bond donors (Lipinski definition) is 1. The van der Waals surface area contributed by atoms with Crippen LogP contribution in [0.3, 0.4) is 0 Å². The molecule has 0 fully saturated rings. The van der Waals surface area contributed by atoms with E-state index in [4.69, 9.17) is 4.74 Å². The van der Waals surface area contributed by atoms with Crippen molar-refractivity contribution in [3.8, 4) is 11.5 Å². The van der Waals surface area contributed by atoms with Gasteiger partial charge in [0.05, 0.1) is 4.47 Å². The van der Waals surface area contributed by atoms with Crippen LogP contribution in [0.4, 0.5) is 4.39 Å². The van der Waals surface area contributed by atoms with Crippen LogP contribution in [0.15, 0.2) is 46.9 Å². The van der Waals surface area contributed by atoms with Gasteiger partial charge >= 0.3 is 0 Å². The van der Waals surface area contributed by atoms with Crippen molar-refractivity contribution in [3.05, 3.63) is 58.3 Å². The number of rotatable bonds is 5. The van der Waals surface area contributed by atoms with Gasteiger partial charge in [-0.1, -0.05) is 19.1 Å². The fourth-order valence-corrected chi connectivity index (χ4v) is 2.26. The van der Waals surface area contributed by atoms with E-state index in [9.17, 15) is 4.39 Å². The van der Waals surface area contributed by atoms with Gasteiger partial charge in [-0.15, -0.1) is 0 Å². The van der Waals surface area contributed by atoms with E-state index >= 15 is 0 Å². The third kappa shape index (κ3) is 3.81. The molecule has 4 heteroatoms. The second-order valence-corrected chi connectivity index (χ2v) is 5.38. The Morgan fingerprint density at radius 3 is 2.55 bits per heavy atom. The summed E-state index contributed by atoms with van der Waals surface area (Å²) in [6, 6.07) is 12.5. The lowest BCUT2D eigenvalue weighted by Gasteiger charge is -2.13. The predicted molar refractivity (Wildman–Crippen MR) is 82.7 cm³/mol. The van der Waals surface area contributed by atoms with E-state index in [-0.39, 0.29) is 5.82 Å². The fraction of sp³-hybridized carbons (Fsp3) is 0.250. The lowest BCUT2D eigenvalue weighted by atomic mass is 10.1. The largest absolute Gasteiger partial charge is 0.456 e. The zero-order valence-electron chi connectivity index (χ0n) is 11.5. The van der Waals surface area contributed by atoms with Crippen molar-refractivity contribution in [2.24, 2.45) is 0 Å². The molecule has 2 aromatic rings. The molecule has 0 saturated carbocycles. The minimum Gasteiger partial charge on any atom is -0.456 e. The van der Waals surface area contributed by atoms with Gasteiger partial charge in [0.15, 0.2) is 0 Å². The molecule has 0 aliphatic rings. The minimum absolute atomic E-state index is 0.301. The molecule has 1 N–H and O–H groups in total. The van der Waals surface area contributed by atoms with E-state index in [1.165, 1.54) is 17.7 Å². The molecular weight excluding hydrogens is 321 g/mol. The van der Waals surface area contributed by atoms with E-state index in [0.717, 1.165) is 11.0 Å². The van der Waals surface area contributed by atoms with Crippen LogP contribution in [0.25, 0.3) is 0 Å². The zero-order chi connectivity index (χ0) is 14.5. The summed E-state index contributed by atoms with van der Waals surface area (Å²) < 4.78 is 19.6. The summed E-state index contributed by atoms with van der Waals surface area (Å²) in [6.07, 6.45) is 0. The Labute approximate surface area is 127 Å². The molecule has 2 rings (SSSR count). The summed E-state index contributed by atoms with van der Waals surface area (Å²) in [6.45, 7) is 5.12. The molecule has 1 atom stereocenters. The van der Waals surface area contributed by atoms with Crippen molar-refractivity contribution in [2.75, 3.05) is 6.54 Å². The molecule has 0 saturated heterocycles. The van der Waals surface area contributed by atoms with Gasteiger partial charge in [-0.05, 0) is 59.2 Å². The van der Waals surface area contributed by atoms with Gasteiger partial charge in [-0.2, -0.15) is 0 Å². The first kappa shape index (κ1) is 15.0. The van der Waals surface area contributed by atoms with E-state index < -0.39 is 0 Å². The summed E-state index contributed by atoms with van der Waals surface area (Å²) in [7, 11) is 0. The number of hydrogen-bond acceptors (Lipinski definition) is 2. The summed E-state index contributed by atoms with van der Waals surface area (Å²) in [5, 5.41) is 3.35. The van der Waals surface area contributed by atoms with Gasteiger partial charge < -0.3 is 10.1 Å². The van der Waals surface area contributed by atoms with Crippen molar-refractivity contribution >= 4 is 15.9 Å². The van der Waals surface area contributed by atoms with Crippen LogP contribution in [0, 0.1) is 5.82 Å². The molecule has 0 radical (unpaired) electrons. The van der Waals surface area contributed by atoms with Crippen molar-refractivity contribution < 1.29 is 9.13 Å². The highest BCUT2D eigenvalue weighted by atomic mass is 79.9. The number of halogens is 2. The number of ether oxygens (including phenoxy) is 1. The molecule has 2 aromatic carbocycles. The van der Waals surface area contributed by atoms with Crippen molar-refractivity contribution in [1.82, 2.24) is 5.32 Å². The number of benzene rings is 2. The van der Waals surface area contributed by atoms with Gasteiger partial charge in [0, 0.05) is 12.1 Å². The topological polar surface area (TPSA) is 21.3 Å². The fourth-order valence-electron chi connectivity index (χ4n) is 1.93.